The molecule has 1 aliphatic rings. The van der Waals surface area contributed by atoms with E-state index in [1.807, 2.05) is 56.3 Å². The Balaban J connectivity index is 1.78. The van der Waals surface area contributed by atoms with Crippen LogP contribution in [0.25, 0.3) is 0 Å². The Bertz CT molecular complexity index is 1160. The van der Waals surface area contributed by atoms with Crippen LogP contribution in [0.2, 0.25) is 0 Å². The van der Waals surface area contributed by atoms with Crippen LogP contribution >= 0.6 is 12.2 Å². The Morgan fingerprint density at radius 1 is 0.781 bits per heavy atom. The van der Waals surface area contributed by atoms with Crippen LogP contribution in [0.15, 0.2) is 78.9 Å². The van der Waals surface area contributed by atoms with Gasteiger partial charge in [-0.25, -0.2) is 0 Å². The summed E-state index contributed by atoms with van der Waals surface area (Å²) in [6.07, 6.45) is -0.227. The van der Waals surface area contributed by atoms with E-state index in [0.717, 1.165) is 11.1 Å². The third kappa shape index (κ3) is 4.09. The van der Waals surface area contributed by atoms with Crippen LogP contribution in [0.3, 0.4) is 0 Å². The Morgan fingerprint density at radius 2 is 1.28 bits per heavy atom. The summed E-state index contributed by atoms with van der Waals surface area (Å²) in [6.45, 7) is 3.84. The van der Waals surface area contributed by atoms with Gasteiger partial charge in [0.05, 0.1) is 11.4 Å². The molecule has 0 bridgehead atoms. The maximum Gasteiger partial charge on any atom is 0.246 e. The zero-order valence-electron chi connectivity index (χ0n) is 17.8. The summed E-state index contributed by atoms with van der Waals surface area (Å²) in [5.41, 5.74) is 3.51. The second-order valence-electron chi connectivity index (χ2n) is 7.85. The van der Waals surface area contributed by atoms with Crippen molar-refractivity contribution in [1.82, 2.24) is 0 Å². The van der Waals surface area contributed by atoms with Crippen molar-refractivity contribution in [2.24, 2.45) is 5.92 Å². The second kappa shape index (κ2) is 8.85. The molecule has 0 radical (unpaired) electrons. The average Bonchev–Trinajstić information content (AvgIpc) is 2.77. The Morgan fingerprint density at radius 3 is 1.75 bits per heavy atom. The van der Waals surface area contributed by atoms with E-state index in [1.165, 1.54) is 9.80 Å². The molecule has 0 atom stereocenters. The lowest BCUT2D eigenvalue weighted by atomic mass is 9.93. The molecule has 0 aromatic heterocycles. The number of carbonyl (C=O) groups excluding carboxylic acids is 3. The van der Waals surface area contributed by atoms with Crippen molar-refractivity contribution in [1.29, 1.82) is 0 Å². The van der Waals surface area contributed by atoms with E-state index in [1.54, 1.807) is 36.4 Å². The summed E-state index contributed by atoms with van der Waals surface area (Å²) in [6, 6.07) is 23.4. The van der Waals surface area contributed by atoms with E-state index >= 15 is 0 Å². The smallest absolute Gasteiger partial charge is 0.246 e. The van der Waals surface area contributed by atoms with E-state index in [2.05, 4.69) is 0 Å². The van der Waals surface area contributed by atoms with Gasteiger partial charge in [-0.2, -0.15) is 0 Å². The second-order valence-corrected chi connectivity index (χ2v) is 8.22. The molecular formula is C26H22N2O3S. The van der Waals surface area contributed by atoms with E-state index in [4.69, 9.17) is 12.2 Å². The maximum absolute atomic E-state index is 13.5. The first-order valence-corrected chi connectivity index (χ1v) is 10.7. The van der Waals surface area contributed by atoms with Crippen molar-refractivity contribution in [3.63, 3.8) is 0 Å². The number of aryl methyl sites for hydroxylation is 2. The first-order chi connectivity index (χ1) is 15.4. The number of hydrogen-bond acceptors (Lipinski definition) is 4. The van der Waals surface area contributed by atoms with Gasteiger partial charge in [-0.05, 0) is 61.5 Å². The summed E-state index contributed by atoms with van der Waals surface area (Å²) in [7, 11) is 0. The third-order valence-corrected chi connectivity index (χ3v) is 5.79. The molecular weight excluding hydrogens is 420 g/mol. The molecule has 6 heteroatoms. The van der Waals surface area contributed by atoms with Crippen molar-refractivity contribution >= 4 is 46.3 Å². The first kappa shape index (κ1) is 21.6. The fraction of sp³-hybridized carbons (Fsp3) is 0.154. The van der Waals surface area contributed by atoms with Crippen LogP contribution in [-0.2, 0) is 9.59 Å². The highest BCUT2D eigenvalue weighted by molar-refractivity contribution is 7.81. The molecule has 0 spiro atoms. The highest BCUT2D eigenvalue weighted by atomic mass is 32.1. The SMILES string of the molecule is Cc1cccc(N2C(=O)C(CC(=O)c3ccccc3)C(=O)N(c3cccc(C)c3)C2=S)c1. The van der Waals surface area contributed by atoms with Crippen molar-refractivity contribution < 1.29 is 14.4 Å². The molecule has 3 aromatic carbocycles. The van der Waals surface area contributed by atoms with Gasteiger partial charge in [-0.3, -0.25) is 24.2 Å². The number of nitrogens with zero attached hydrogens (tertiary/aromatic N) is 2. The van der Waals surface area contributed by atoms with Crippen LogP contribution in [0.4, 0.5) is 11.4 Å². The monoisotopic (exact) mass is 442 g/mol. The lowest BCUT2D eigenvalue weighted by Crippen LogP contribution is -2.60. The Labute approximate surface area is 192 Å². The molecule has 3 aromatic rings. The Kier molecular flexibility index (Phi) is 5.97. The van der Waals surface area contributed by atoms with Gasteiger partial charge < -0.3 is 0 Å². The normalized spacial score (nSPS) is 14.8. The number of Topliss-reactive ketones (excluding diaryl/α,β-unsaturated/α-hetero) is 1. The van der Waals surface area contributed by atoms with Gasteiger partial charge in [0, 0.05) is 12.0 Å². The molecule has 0 unspecified atom stereocenters. The van der Waals surface area contributed by atoms with Gasteiger partial charge in [0.15, 0.2) is 10.9 Å². The zero-order valence-corrected chi connectivity index (χ0v) is 18.6. The molecule has 0 saturated carbocycles. The summed E-state index contributed by atoms with van der Waals surface area (Å²) in [5.74, 6) is -2.41. The van der Waals surface area contributed by atoms with Crippen molar-refractivity contribution in [2.45, 2.75) is 20.3 Å². The number of carbonyl (C=O) groups is 3. The van der Waals surface area contributed by atoms with Crippen LogP contribution in [-0.4, -0.2) is 22.7 Å². The van der Waals surface area contributed by atoms with E-state index in [-0.39, 0.29) is 17.3 Å². The number of hydrogen-bond donors (Lipinski definition) is 0. The molecule has 5 nitrogen and oxygen atoms in total. The molecule has 32 heavy (non-hydrogen) atoms. The fourth-order valence-electron chi connectivity index (χ4n) is 3.82. The highest BCUT2D eigenvalue weighted by Gasteiger charge is 2.45. The lowest BCUT2D eigenvalue weighted by molar-refractivity contribution is -0.132. The van der Waals surface area contributed by atoms with Gasteiger partial charge >= 0.3 is 0 Å². The molecule has 2 amide bonds. The largest absolute Gasteiger partial charge is 0.294 e. The number of rotatable bonds is 5. The average molecular weight is 443 g/mol. The number of ketones is 1. The van der Waals surface area contributed by atoms with E-state index in [0.29, 0.717) is 16.9 Å². The molecule has 160 valence electrons. The third-order valence-electron chi connectivity index (χ3n) is 5.42. The molecule has 1 aliphatic heterocycles. The van der Waals surface area contributed by atoms with Crippen LogP contribution in [0.1, 0.15) is 27.9 Å². The maximum atomic E-state index is 13.5. The van der Waals surface area contributed by atoms with Gasteiger partial charge in [-0.1, -0.05) is 54.6 Å². The first-order valence-electron chi connectivity index (χ1n) is 10.3. The minimum Gasteiger partial charge on any atom is -0.294 e. The highest BCUT2D eigenvalue weighted by Crippen LogP contribution is 2.31. The number of anilines is 2. The molecule has 1 saturated heterocycles. The molecule has 4 rings (SSSR count). The summed E-state index contributed by atoms with van der Waals surface area (Å²) in [5, 5.41) is 0.0830. The van der Waals surface area contributed by atoms with Gasteiger partial charge in [-0.15, -0.1) is 0 Å². The van der Waals surface area contributed by atoms with E-state index in [9.17, 15) is 14.4 Å². The summed E-state index contributed by atoms with van der Waals surface area (Å²) in [4.78, 5) is 42.7. The number of amides is 2. The minimum absolute atomic E-state index is 0.0830. The summed E-state index contributed by atoms with van der Waals surface area (Å²) >= 11 is 5.64. The fourth-order valence-corrected chi connectivity index (χ4v) is 4.21. The van der Waals surface area contributed by atoms with E-state index < -0.39 is 17.7 Å². The van der Waals surface area contributed by atoms with Gasteiger partial charge in [0.25, 0.3) is 0 Å². The quantitative estimate of drug-likeness (QED) is 0.322. The zero-order chi connectivity index (χ0) is 22.8. The Hall–Kier alpha value is -3.64. The summed E-state index contributed by atoms with van der Waals surface area (Å²) < 4.78 is 0. The standard InChI is InChI=1S/C26H22N2O3S/c1-17-8-6-12-20(14-17)27-24(30)22(16-23(29)19-10-4-3-5-11-19)25(31)28(26(27)32)21-13-7-9-18(2)15-21/h3-15,22H,16H2,1-2H3. The van der Waals surface area contributed by atoms with Crippen molar-refractivity contribution in [3.8, 4) is 0 Å². The van der Waals surface area contributed by atoms with Crippen molar-refractivity contribution in [2.75, 3.05) is 9.80 Å². The van der Waals surface area contributed by atoms with Crippen LogP contribution < -0.4 is 9.80 Å². The van der Waals surface area contributed by atoms with Crippen molar-refractivity contribution in [3.05, 3.63) is 95.6 Å². The lowest BCUT2D eigenvalue weighted by Gasteiger charge is -2.39. The van der Waals surface area contributed by atoms with Crippen LogP contribution in [0.5, 0.6) is 0 Å². The minimum atomic E-state index is -1.17. The predicted octanol–water partition coefficient (Wildman–Crippen LogP) is 4.86. The topological polar surface area (TPSA) is 57.7 Å². The van der Waals surface area contributed by atoms with Gasteiger partial charge in [0.1, 0.15) is 5.92 Å². The van der Waals surface area contributed by atoms with Gasteiger partial charge in [0.2, 0.25) is 11.8 Å². The molecule has 0 N–H and O–H groups in total. The predicted molar refractivity (Wildman–Crippen MR) is 129 cm³/mol. The number of thiocarbonyl (C=S) groups is 1. The molecule has 1 heterocycles. The van der Waals surface area contributed by atoms with Crippen LogP contribution in [0, 0.1) is 19.8 Å². The number of benzene rings is 3. The molecule has 0 aliphatic carbocycles. The molecule has 1 fully saturated rings.